The summed E-state index contributed by atoms with van der Waals surface area (Å²) in [5, 5.41) is 29.8. The number of carbonyl (C=O) groups excluding carboxylic acids is 6. The van der Waals surface area contributed by atoms with E-state index in [2.05, 4.69) is 57.2 Å². The van der Waals surface area contributed by atoms with Crippen LogP contribution in [0.25, 0.3) is 11.4 Å². The van der Waals surface area contributed by atoms with Gasteiger partial charge < -0.3 is 31.3 Å². The number of amides is 6. The smallest absolute Gasteiger partial charge is 0.273 e. The number of rotatable bonds is 15. The highest BCUT2D eigenvalue weighted by Gasteiger charge is 2.44. The summed E-state index contributed by atoms with van der Waals surface area (Å²) >= 11 is 0. The largest absolute Gasteiger partial charge is 0.494 e. The van der Waals surface area contributed by atoms with Gasteiger partial charge in [0.1, 0.15) is 18.2 Å². The Bertz CT molecular complexity index is 2470. The number of pyridine rings is 1. The molecule has 2 aliphatic rings. The van der Waals surface area contributed by atoms with Crippen molar-refractivity contribution in [1.29, 1.82) is 0 Å². The van der Waals surface area contributed by atoms with E-state index in [-0.39, 0.29) is 41.4 Å². The number of benzene rings is 2. The number of fused-ring (bicyclic) bond motifs is 1. The van der Waals surface area contributed by atoms with Gasteiger partial charge in [0.25, 0.3) is 23.6 Å². The molecule has 5 aromatic rings. The molecule has 59 heavy (non-hydrogen) atoms. The van der Waals surface area contributed by atoms with Crippen molar-refractivity contribution < 1.29 is 33.5 Å². The van der Waals surface area contributed by atoms with Crippen LogP contribution in [0.5, 0.6) is 5.75 Å². The van der Waals surface area contributed by atoms with Crippen LogP contribution in [0.2, 0.25) is 0 Å². The molecule has 3 aromatic heterocycles. The Hall–Kier alpha value is -7.77. The van der Waals surface area contributed by atoms with Crippen LogP contribution < -0.4 is 36.6 Å². The minimum Gasteiger partial charge on any atom is -0.494 e. The van der Waals surface area contributed by atoms with Crippen LogP contribution in [0.3, 0.4) is 0 Å². The molecule has 20 nitrogen and oxygen atoms in total. The van der Waals surface area contributed by atoms with Gasteiger partial charge in [0.2, 0.25) is 11.8 Å². The molecule has 1 atom stereocenters. The summed E-state index contributed by atoms with van der Waals surface area (Å²) in [6, 6.07) is 14.0. The zero-order valence-corrected chi connectivity index (χ0v) is 32.2. The highest BCUT2D eigenvalue weighted by Crippen LogP contribution is 2.37. The van der Waals surface area contributed by atoms with Crippen LogP contribution in [0.15, 0.2) is 67.1 Å². The molecule has 20 heteroatoms. The Morgan fingerprint density at radius 3 is 2.41 bits per heavy atom. The lowest BCUT2D eigenvalue weighted by molar-refractivity contribution is -0.136. The SMILES string of the molecule is CNC(=O)c1nnc(Nc2ccc(C(=O)NCCCCNc3ccc4c(c3)C(=O)N(C3CCC(=O)NC3=O)C4=O)cn2)cc1Nc1cccc(-c2ncn(C)n2)c1OC. The van der Waals surface area contributed by atoms with E-state index in [1.807, 2.05) is 6.07 Å². The second-order valence-electron chi connectivity index (χ2n) is 13.5. The van der Waals surface area contributed by atoms with Crippen LogP contribution in [-0.2, 0) is 16.6 Å². The quantitative estimate of drug-likeness (QED) is 0.0657. The van der Waals surface area contributed by atoms with E-state index in [0.29, 0.717) is 71.5 Å². The van der Waals surface area contributed by atoms with Gasteiger partial charge in [-0.2, -0.15) is 5.10 Å². The second-order valence-corrected chi connectivity index (χ2v) is 13.5. The fourth-order valence-electron chi connectivity index (χ4n) is 6.57. The summed E-state index contributed by atoms with van der Waals surface area (Å²) < 4.78 is 7.29. The maximum Gasteiger partial charge on any atom is 0.273 e. The Morgan fingerprint density at radius 1 is 0.864 bits per heavy atom. The van der Waals surface area contributed by atoms with Crippen LogP contribution >= 0.6 is 0 Å². The monoisotopic (exact) mass is 801 g/mol. The lowest BCUT2D eigenvalue weighted by atomic mass is 10.0. The van der Waals surface area contributed by atoms with Crippen molar-refractivity contribution in [3.63, 3.8) is 0 Å². The summed E-state index contributed by atoms with van der Waals surface area (Å²) in [6.07, 6.45) is 4.47. The van der Waals surface area contributed by atoms with E-state index in [0.717, 1.165) is 4.90 Å². The molecule has 0 saturated carbocycles. The van der Waals surface area contributed by atoms with E-state index in [9.17, 15) is 28.8 Å². The minimum absolute atomic E-state index is 0.0368. The van der Waals surface area contributed by atoms with Crippen molar-refractivity contribution in [2.75, 3.05) is 43.2 Å². The number of nitrogens with one attached hydrogen (secondary N) is 6. The van der Waals surface area contributed by atoms with E-state index in [1.165, 1.54) is 20.4 Å². The molecule has 0 spiro atoms. The molecule has 1 unspecified atom stereocenters. The maximum absolute atomic E-state index is 13.1. The molecule has 1 saturated heterocycles. The van der Waals surface area contributed by atoms with Crippen LogP contribution in [0.4, 0.5) is 28.7 Å². The standard InChI is InChI=1S/C39H39N13O7/c1-40-37(56)32-27(45-26-8-6-7-24(33(26)59-3)34-44-20-51(2)50-34)18-30(48-49-32)46-29-13-9-21(19-43-29)35(54)42-16-5-4-15-41-22-10-11-23-25(17-22)39(58)52(38(23)57)28-12-14-31(53)47-36(28)55/h6-11,13,17-20,28,41H,4-5,12,14-16H2,1-3H3,(H,40,56)(H,42,54)(H,47,53,55)(H2,43,45,46,48). The molecule has 5 heterocycles. The highest BCUT2D eigenvalue weighted by atomic mass is 16.5. The Labute approximate surface area is 336 Å². The van der Waals surface area contributed by atoms with Gasteiger partial charge in [-0.15, -0.1) is 10.2 Å². The minimum atomic E-state index is -1.03. The first-order valence-electron chi connectivity index (χ1n) is 18.5. The normalized spacial score (nSPS) is 14.7. The summed E-state index contributed by atoms with van der Waals surface area (Å²) in [7, 11) is 4.78. The summed E-state index contributed by atoms with van der Waals surface area (Å²) in [6.45, 7) is 0.927. The van der Waals surface area contributed by atoms with Crippen LogP contribution in [-0.4, -0.2) is 104 Å². The number of anilines is 5. The van der Waals surface area contributed by atoms with Crippen LogP contribution in [0.1, 0.15) is 67.2 Å². The number of hydrogen-bond acceptors (Lipinski definition) is 15. The number of nitrogens with zero attached hydrogens (tertiary/aromatic N) is 7. The Kier molecular flexibility index (Phi) is 11.5. The van der Waals surface area contributed by atoms with E-state index in [1.54, 1.807) is 66.6 Å². The summed E-state index contributed by atoms with van der Waals surface area (Å²) in [4.78, 5) is 85.1. The number of carbonyl (C=O) groups is 6. The van der Waals surface area contributed by atoms with Crippen LogP contribution in [0, 0.1) is 0 Å². The maximum atomic E-state index is 13.1. The molecule has 0 aliphatic carbocycles. The molecule has 0 bridgehead atoms. The topological polar surface area (TPSA) is 256 Å². The third kappa shape index (κ3) is 8.50. The molecular formula is C39H39N13O7. The fourth-order valence-corrected chi connectivity index (χ4v) is 6.57. The lowest BCUT2D eigenvalue weighted by Gasteiger charge is -2.27. The van der Waals surface area contributed by atoms with E-state index in [4.69, 9.17) is 4.74 Å². The molecular weight excluding hydrogens is 763 g/mol. The zero-order valence-electron chi connectivity index (χ0n) is 32.2. The van der Waals surface area contributed by atoms with E-state index >= 15 is 0 Å². The number of piperidine rings is 1. The number of aryl methyl sites for hydroxylation is 1. The molecule has 1 fully saturated rings. The third-order valence-electron chi connectivity index (χ3n) is 9.50. The number of aromatic nitrogens is 6. The summed E-state index contributed by atoms with van der Waals surface area (Å²) in [5.41, 5.74) is 2.91. The Morgan fingerprint density at radius 2 is 1.68 bits per heavy atom. The first-order valence-corrected chi connectivity index (χ1v) is 18.5. The van der Waals surface area contributed by atoms with Gasteiger partial charge in [-0.25, -0.2) is 9.97 Å². The summed E-state index contributed by atoms with van der Waals surface area (Å²) in [5.74, 6) is -1.43. The number of imide groups is 2. The molecule has 6 N–H and O–H groups in total. The van der Waals surface area contributed by atoms with Gasteiger partial charge in [-0.3, -0.25) is 43.7 Å². The number of hydrogen-bond donors (Lipinski definition) is 6. The molecule has 7 rings (SSSR count). The predicted octanol–water partition coefficient (Wildman–Crippen LogP) is 2.55. The molecule has 2 aromatic carbocycles. The number of unbranched alkanes of at least 4 members (excludes halogenated alkanes) is 1. The fraction of sp³-hybridized carbons (Fsp3) is 0.256. The van der Waals surface area contributed by atoms with Crippen molar-refractivity contribution in [2.45, 2.75) is 31.7 Å². The van der Waals surface area contributed by atoms with E-state index < -0.39 is 35.6 Å². The first-order chi connectivity index (χ1) is 28.5. The van der Waals surface area contributed by atoms with Gasteiger partial charge in [0, 0.05) is 51.6 Å². The average Bonchev–Trinajstić information content (AvgIpc) is 3.78. The van der Waals surface area contributed by atoms with Gasteiger partial charge in [-0.05, 0) is 61.7 Å². The van der Waals surface area contributed by atoms with Crippen molar-refractivity contribution in [3.05, 3.63) is 89.5 Å². The molecule has 2 aliphatic heterocycles. The van der Waals surface area contributed by atoms with Gasteiger partial charge in [0.05, 0.1) is 40.7 Å². The van der Waals surface area contributed by atoms with Gasteiger partial charge in [0.15, 0.2) is 23.1 Å². The van der Waals surface area contributed by atoms with Crippen molar-refractivity contribution in [1.82, 2.24) is 50.8 Å². The van der Waals surface area contributed by atoms with Crippen molar-refractivity contribution in [2.24, 2.45) is 7.05 Å². The highest BCUT2D eigenvalue weighted by molar-refractivity contribution is 6.23. The Balaban J connectivity index is 0.903. The van der Waals surface area contributed by atoms with Gasteiger partial charge in [-0.1, -0.05) is 6.07 Å². The molecule has 302 valence electrons. The average molecular weight is 802 g/mol. The van der Waals surface area contributed by atoms with Crippen molar-refractivity contribution >= 4 is 64.1 Å². The first kappa shape index (κ1) is 39.5. The second kappa shape index (κ2) is 17.2. The molecule has 0 radical (unpaired) electrons. The van der Waals surface area contributed by atoms with Crippen molar-refractivity contribution in [3.8, 4) is 17.1 Å². The predicted molar refractivity (Wildman–Crippen MR) is 212 cm³/mol. The van der Waals surface area contributed by atoms with Gasteiger partial charge >= 0.3 is 0 Å². The third-order valence-corrected chi connectivity index (χ3v) is 9.50. The zero-order chi connectivity index (χ0) is 41.6. The number of methoxy groups -OCH3 is 1. The number of para-hydroxylation sites is 1. The lowest BCUT2D eigenvalue weighted by Crippen LogP contribution is -2.54. The number of ether oxygens (including phenoxy) is 1. The molecule has 6 amide bonds.